The van der Waals surface area contributed by atoms with Crippen LogP contribution in [0.1, 0.15) is 52.4 Å². The van der Waals surface area contributed by atoms with Crippen LogP contribution in [0.2, 0.25) is 0 Å². The third-order valence-electron chi connectivity index (χ3n) is 5.24. The summed E-state index contributed by atoms with van der Waals surface area (Å²) >= 11 is 0. The molecular formula is C14H21NO3. The average molecular weight is 251 g/mol. The normalized spacial score (nSPS) is 49.1. The minimum Gasteiger partial charge on any atom is -0.481 e. The van der Waals surface area contributed by atoms with Crippen LogP contribution in [0, 0.1) is 16.7 Å². The van der Waals surface area contributed by atoms with Gasteiger partial charge >= 0.3 is 5.97 Å². The van der Waals surface area contributed by atoms with Gasteiger partial charge in [-0.15, -0.1) is 0 Å². The molecule has 18 heavy (non-hydrogen) atoms. The Balaban J connectivity index is 2.00. The first-order chi connectivity index (χ1) is 8.27. The summed E-state index contributed by atoms with van der Waals surface area (Å²) in [5, 5.41) is 12.7. The molecule has 100 valence electrons. The Morgan fingerprint density at radius 3 is 2.44 bits per heavy atom. The van der Waals surface area contributed by atoms with E-state index in [2.05, 4.69) is 12.2 Å². The van der Waals surface area contributed by atoms with E-state index in [1.165, 1.54) is 6.92 Å². The Bertz CT molecular complexity index is 435. The number of carbonyl (C=O) groups excluding carboxylic acids is 1. The molecule has 4 aliphatic carbocycles. The number of nitrogens with one attached hydrogen (secondary N) is 1. The van der Waals surface area contributed by atoms with Gasteiger partial charge in [-0.05, 0) is 49.9 Å². The van der Waals surface area contributed by atoms with E-state index in [9.17, 15) is 14.7 Å². The molecule has 4 saturated carbocycles. The third kappa shape index (κ3) is 1.57. The lowest BCUT2D eigenvalue weighted by atomic mass is 9.42. The second-order valence-electron chi connectivity index (χ2n) is 7.37. The summed E-state index contributed by atoms with van der Waals surface area (Å²) < 4.78 is 0. The molecule has 2 N–H and O–H groups in total. The molecule has 0 saturated heterocycles. The molecule has 4 aliphatic rings. The fourth-order valence-corrected chi connectivity index (χ4v) is 5.67. The van der Waals surface area contributed by atoms with Gasteiger partial charge in [0, 0.05) is 12.5 Å². The first-order valence-corrected chi connectivity index (χ1v) is 6.79. The average Bonchev–Trinajstić information content (AvgIpc) is 2.09. The van der Waals surface area contributed by atoms with Crippen LogP contribution in [-0.4, -0.2) is 22.5 Å². The number of carboxylic acids is 1. The van der Waals surface area contributed by atoms with Gasteiger partial charge in [-0.25, -0.2) is 0 Å². The molecule has 0 spiro atoms. The first kappa shape index (κ1) is 12.0. The summed E-state index contributed by atoms with van der Waals surface area (Å²) in [7, 11) is 0. The summed E-state index contributed by atoms with van der Waals surface area (Å²) in [6, 6.07) is 0. The maximum absolute atomic E-state index is 11.7. The highest BCUT2D eigenvalue weighted by Crippen LogP contribution is 2.66. The molecule has 0 aromatic heterocycles. The molecule has 0 aromatic carbocycles. The smallest absolute Gasteiger partial charge is 0.309 e. The first-order valence-electron chi connectivity index (χ1n) is 6.79. The maximum atomic E-state index is 11.7. The second kappa shape index (κ2) is 3.28. The van der Waals surface area contributed by atoms with E-state index < -0.39 is 11.4 Å². The number of carboxylic acid groups (broad SMARTS) is 1. The van der Waals surface area contributed by atoms with Gasteiger partial charge in [0.2, 0.25) is 5.91 Å². The molecule has 4 atom stereocenters. The maximum Gasteiger partial charge on any atom is 0.309 e. The SMILES string of the molecule is CC(=O)N[C@@]12C[C@H]3C[C@@](C)(C1)C[C@@](C(=O)O)(C3)C2. The molecular weight excluding hydrogens is 230 g/mol. The summed E-state index contributed by atoms with van der Waals surface area (Å²) in [4.78, 5) is 23.2. The van der Waals surface area contributed by atoms with Gasteiger partial charge in [-0.2, -0.15) is 0 Å². The van der Waals surface area contributed by atoms with Gasteiger partial charge in [-0.3, -0.25) is 9.59 Å². The third-order valence-corrected chi connectivity index (χ3v) is 5.24. The monoisotopic (exact) mass is 251 g/mol. The Morgan fingerprint density at radius 2 is 1.89 bits per heavy atom. The molecule has 0 aliphatic heterocycles. The topological polar surface area (TPSA) is 66.4 Å². The van der Waals surface area contributed by atoms with Gasteiger partial charge in [-0.1, -0.05) is 6.92 Å². The zero-order valence-corrected chi connectivity index (χ0v) is 11.1. The highest BCUT2D eigenvalue weighted by molar-refractivity contribution is 5.77. The Hall–Kier alpha value is -1.06. The number of rotatable bonds is 2. The van der Waals surface area contributed by atoms with E-state index in [0.29, 0.717) is 12.3 Å². The van der Waals surface area contributed by atoms with E-state index in [1.54, 1.807) is 0 Å². The molecule has 0 unspecified atom stereocenters. The van der Waals surface area contributed by atoms with Gasteiger partial charge in [0.05, 0.1) is 5.41 Å². The molecule has 4 heteroatoms. The Kier molecular flexibility index (Phi) is 2.19. The van der Waals surface area contributed by atoms with E-state index in [4.69, 9.17) is 0 Å². The molecule has 4 nitrogen and oxygen atoms in total. The number of hydrogen-bond acceptors (Lipinski definition) is 2. The van der Waals surface area contributed by atoms with Crippen molar-refractivity contribution in [3.63, 3.8) is 0 Å². The van der Waals surface area contributed by atoms with Gasteiger partial charge < -0.3 is 10.4 Å². The summed E-state index contributed by atoms with van der Waals surface area (Å²) in [5.41, 5.74) is -0.741. The quantitative estimate of drug-likeness (QED) is 0.788. The van der Waals surface area contributed by atoms with Crippen molar-refractivity contribution in [3.05, 3.63) is 0 Å². The standard InChI is InChI=1S/C14H21NO3/c1-9(16)15-14-5-10-3-12(2,7-14)6-13(4-10,8-14)11(17)18/h10H,3-8H2,1-2H3,(H,15,16)(H,17,18)/t10-,12+,13-,14-/m0/s1. The predicted octanol–water partition coefficient (Wildman–Crippen LogP) is 1.94. The van der Waals surface area contributed by atoms with Crippen molar-refractivity contribution in [2.24, 2.45) is 16.7 Å². The highest BCUT2D eigenvalue weighted by atomic mass is 16.4. The van der Waals surface area contributed by atoms with Gasteiger partial charge in [0.1, 0.15) is 0 Å². The van der Waals surface area contributed by atoms with Crippen molar-refractivity contribution in [1.82, 2.24) is 5.32 Å². The van der Waals surface area contributed by atoms with Crippen LogP contribution in [0.5, 0.6) is 0 Å². The van der Waals surface area contributed by atoms with Crippen molar-refractivity contribution in [1.29, 1.82) is 0 Å². The van der Waals surface area contributed by atoms with Crippen molar-refractivity contribution in [2.45, 2.75) is 57.9 Å². The molecule has 4 bridgehead atoms. The van der Waals surface area contributed by atoms with Crippen molar-refractivity contribution in [3.8, 4) is 0 Å². The number of amides is 1. The van der Waals surface area contributed by atoms with Crippen molar-refractivity contribution < 1.29 is 14.7 Å². The van der Waals surface area contributed by atoms with E-state index >= 15 is 0 Å². The van der Waals surface area contributed by atoms with Crippen LogP contribution in [0.25, 0.3) is 0 Å². The summed E-state index contributed by atoms with van der Waals surface area (Å²) in [6.07, 6.45) is 5.26. The van der Waals surface area contributed by atoms with Crippen molar-refractivity contribution in [2.75, 3.05) is 0 Å². The molecule has 4 fully saturated rings. The van der Waals surface area contributed by atoms with Crippen LogP contribution in [0.3, 0.4) is 0 Å². The number of carbonyl (C=O) groups is 2. The largest absolute Gasteiger partial charge is 0.481 e. The number of aliphatic carboxylic acids is 1. The zero-order chi connectivity index (χ0) is 13.2. The van der Waals surface area contributed by atoms with Crippen LogP contribution < -0.4 is 5.32 Å². The zero-order valence-electron chi connectivity index (χ0n) is 11.1. The van der Waals surface area contributed by atoms with Crippen LogP contribution in [0.15, 0.2) is 0 Å². The van der Waals surface area contributed by atoms with Crippen LogP contribution in [0.4, 0.5) is 0 Å². The number of hydrogen-bond donors (Lipinski definition) is 2. The molecule has 0 radical (unpaired) electrons. The fourth-order valence-electron chi connectivity index (χ4n) is 5.67. The van der Waals surface area contributed by atoms with E-state index in [1.807, 2.05) is 0 Å². The summed E-state index contributed by atoms with van der Waals surface area (Å²) in [6.45, 7) is 3.74. The second-order valence-corrected chi connectivity index (χ2v) is 7.37. The minimum absolute atomic E-state index is 0.0268. The van der Waals surface area contributed by atoms with Gasteiger partial charge in [0.15, 0.2) is 0 Å². The lowest BCUT2D eigenvalue weighted by Gasteiger charge is -2.64. The Labute approximate surface area is 107 Å². The summed E-state index contributed by atoms with van der Waals surface area (Å²) in [5.74, 6) is -0.220. The van der Waals surface area contributed by atoms with E-state index in [-0.39, 0.29) is 16.9 Å². The molecule has 0 aromatic rings. The minimum atomic E-state index is -0.660. The van der Waals surface area contributed by atoms with Crippen LogP contribution in [-0.2, 0) is 9.59 Å². The molecule has 1 amide bonds. The lowest BCUT2D eigenvalue weighted by molar-refractivity contribution is -0.179. The predicted molar refractivity (Wildman–Crippen MR) is 65.9 cm³/mol. The van der Waals surface area contributed by atoms with Crippen molar-refractivity contribution >= 4 is 11.9 Å². The highest BCUT2D eigenvalue weighted by Gasteiger charge is 2.64. The lowest BCUT2D eigenvalue weighted by Crippen LogP contribution is -2.67. The van der Waals surface area contributed by atoms with E-state index in [0.717, 1.165) is 32.1 Å². The Morgan fingerprint density at radius 1 is 1.17 bits per heavy atom. The van der Waals surface area contributed by atoms with Gasteiger partial charge in [0.25, 0.3) is 0 Å². The molecule has 4 rings (SSSR count). The molecule has 0 heterocycles. The van der Waals surface area contributed by atoms with Crippen LogP contribution >= 0.6 is 0 Å². The fraction of sp³-hybridized carbons (Fsp3) is 0.857.